The summed E-state index contributed by atoms with van der Waals surface area (Å²) in [4.78, 5) is 34.2. The molecule has 3 heterocycles. The van der Waals surface area contributed by atoms with Crippen LogP contribution in [0.15, 0.2) is 18.3 Å². The first-order valence-electron chi connectivity index (χ1n) is 9.56. The summed E-state index contributed by atoms with van der Waals surface area (Å²) >= 11 is 0. The number of carbonyl (C=O) groups is 2. The van der Waals surface area contributed by atoms with Crippen LogP contribution in [0.3, 0.4) is 0 Å². The second-order valence-electron chi connectivity index (χ2n) is 7.26. The van der Waals surface area contributed by atoms with Crippen molar-refractivity contribution >= 4 is 17.7 Å². The predicted octanol–water partition coefficient (Wildman–Crippen LogP) is 0.929. The van der Waals surface area contributed by atoms with Crippen molar-refractivity contribution in [1.82, 2.24) is 14.8 Å². The van der Waals surface area contributed by atoms with Gasteiger partial charge in [-0.3, -0.25) is 14.5 Å². The van der Waals surface area contributed by atoms with Crippen LogP contribution < -0.4 is 4.90 Å². The number of carboxylic acid groups (broad SMARTS) is 1. The van der Waals surface area contributed by atoms with Crippen LogP contribution in [0.5, 0.6) is 0 Å². The molecule has 0 spiro atoms. The maximum atomic E-state index is 13.2. The molecule has 8 nitrogen and oxygen atoms in total. The Hall–Kier alpha value is -2.19. The number of carboxylic acids is 1. The Bertz CT molecular complexity index is 663. The first-order chi connectivity index (χ1) is 13.0. The monoisotopic (exact) mass is 376 g/mol. The Morgan fingerprint density at radius 1 is 1.30 bits per heavy atom. The number of morpholine rings is 1. The van der Waals surface area contributed by atoms with Gasteiger partial charge in [0, 0.05) is 38.9 Å². The van der Waals surface area contributed by atoms with Gasteiger partial charge in [-0.1, -0.05) is 0 Å². The number of likely N-dealkylation sites (N-methyl/N-ethyl adjacent to an activating group) is 1. The van der Waals surface area contributed by atoms with Crippen LogP contribution in [0.2, 0.25) is 0 Å². The molecule has 8 heteroatoms. The number of rotatable bonds is 6. The van der Waals surface area contributed by atoms with E-state index in [0.29, 0.717) is 31.8 Å². The third-order valence-electron chi connectivity index (χ3n) is 5.02. The maximum Gasteiger partial charge on any atom is 0.317 e. The quantitative estimate of drug-likeness (QED) is 0.790. The molecule has 1 N–H and O–H groups in total. The minimum Gasteiger partial charge on any atom is -0.480 e. The summed E-state index contributed by atoms with van der Waals surface area (Å²) < 4.78 is 5.74. The van der Waals surface area contributed by atoms with E-state index < -0.39 is 5.97 Å². The lowest BCUT2D eigenvalue weighted by atomic mass is 10.1. The van der Waals surface area contributed by atoms with Crippen molar-refractivity contribution in [1.29, 1.82) is 0 Å². The van der Waals surface area contributed by atoms with E-state index in [0.717, 1.165) is 31.7 Å². The van der Waals surface area contributed by atoms with Gasteiger partial charge in [-0.15, -0.1) is 0 Å². The number of hydrogen-bond donors (Lipinski definition) is 1. The van der Waals surface area contributed by atoms with Gasteiger partial charge in [-0.05, 0) is 38.4 Å². The van der Waals surface area contributed by atoms with E-state index >= 15 is 0 Å². The largest absolute Gasteiger partial charge is 0.480 e. The molecule has 3 rings (SSSR count). The minimum absolute atomic E-state index is 0.0298. The van der Waals surface area contributed by atoms with Gasteiger partial charge >= 0.3 is 5.97 Å². The number of aromatic nitrogens is 1. The first-order valence-corrected chi connectivity index (χ1v) is 9.56. The molecule has 1 unspecified atom stereocenters. The third-order valence-corrected chi connectivity index (χ3v) is 5.02. The predicted molar refractivity (Wildman–Crippen MR) is 101 cm³/mol. The van der Waals surface area contributed by atoms with Crippen molar-refractivity contribution in [2.45, 2.75) is 25.4 Å². The number of pyridine rings is 1. The van der Waals surface area contributed by atoms with E-state index in [-0.39, 0.29) is 18.6 Å². The third kappa shape index (κ3) is 5.17. The molecule has 1 aromatic rings. The van der Waals surface area contributed by atoms with Gasteiger partial charge in [0.2, 0.25) is 0 Å². The van der Waals surface area contributed by atoms with E-state index in [9.17, 15) is 9.59 Å². The number of piperidine rings is 1. The van der Waals surface area contributed by atoms with Gasteiger partial charge in [-0.25, -0.2) is 4.98 Å². The van der Waals surface area contributed by atoms with Gasteiger partial charge < -0.3 is 19.6 Å². The van der Waals surface area contributed by atoms with Crippen LogP contribution in [0, 0.1) is 0 Å². The fraction of sp³-hybridized carbons (Fsp3) is 0.632. The summed E-state index contributed by atoms with van der Waals surface area (Å²) in [6.07, 6.45) is 5.02. The van der Waals surface area contributed by atoms with Crippen LogP contribution in [0.4, 0.5) is 5.82 Å². The number of hydrogen-bond acceptors (Lipinski definition) is 6. The zero-order chi connectivity index (χ0) is 19.2. The molecule has 148 valence electrons. The van der Waals surface area contributed by atoms with Crippen molar-refractivity contribution in [2.75, 3.05) is 57.8 Å². The summed E-state index contributed by atoms with van der Waals surface area (Å²) in [6, 6.07) is 3.65. The van der Waals surface area contributed by atoms with E-state index in [1.54, 1.807) is 29.1 Å². The van der Waals surface area contributed by atoms with Gasteiger partial charge in [0.25, 0.3) is 5.91 Å². The SMILES string of the molecule is CN(CC(=O)O)CC1CN(C(=O)c2cccnc2N2CCCCC2)CCO1. The first kappa shape index (κ1) is 19.6. The molecule has 1 amide bonds. The van der Waals surface area contributed by atoms with Crippen LogP contribution in [-0.2, 0) is 9.53 Å². The molecule has 1 aromatic heterocycles. The maximum absolute atomic E-state index is 13.2. The van der Waals surface area contributed by atoms with Gasteiger partial charge in [0.05, 0.1) is 24.8 Å². The summed E-state index contributed by atoms with van der Waals surface area (Å²) in [5, 5.41) is 8.90. The molecule has 27 heavy (non-hydrogen) atoms. The molecular formula is C19H28N4O4. The summed E-state index contributed by atoms with van der Waals surface area (Å²) in [6.45, 7) is 3.74. The average molecular weight is 376 g/mol. The molecule has 1 atom stereocenters. The molecule has 0 saturated carbocycles. The van der Waals surface area contributed by atoms with Crippen LogP contribution in [0.25, 0.3) is 0 Å². The number of anilines is 1. The Labute approximate surface area is 159 Å². The number of nitrogens with zero attached hydrogens (tertiary/aromatic N) is 4. The number of amides is 1. The highest BCUT2D eigenvalue weighted by molar-refractivity contribution is 5.99. The van der Waals surface area contributed by atoms with Crippen LogP contribution in [0.1, 0.15) is 29.6 Å². The average Bonchev–Trinajstić information content (AvgIpc) is 2.67. The van der Waals surface area contributed by atoms with E-state index in [1.165, 1.54) is 6.42 Å². The van der Waals surface area contributed by atoms with Crippen molar-refractivity contribution in [3.63, 3.8) is 0 Å². The molecule has 0 radical (unpaired) electrons. The fourth-order valence-electron chi connectivity index (χ4n) is 3.75. The Kier molecular flexibility index (Phi) is 6.63. The molecule has 2 aliphatic rings. The second-order valence-corrected chi connectivity index (χ2v) is 7.26. The summed E-state index contributed by atoms with van der Waals surface area (Å²) in [7, 11) is 1.74. The van der Waals surface area contributed by atoms with E-state index in [1.807, 2.05) is 6.07 Å². The second kappa shape index (κ2) is 9.14. The smallest absolute Gasteiger partial charge is 0.317 e. The van der Waals surface area contributed by atoms with Crippen LogP contribution >= 0.6 is 0 Å². The lowest BCUT2D eigenvalue weighted by Crippen LogP contribution is -2.50. The molecule has 0 bridgehead atoms. The number of ether oxygens (including phenoxy) is 1. The molecule has 2 saturated heterocycles. The van der Waals surface area contributed by atoms with Gasteiger partial charge in [0.15, 0.2) is 0 Å². The van der Waals surface area contributed by atoms with E-state index in [2.05, 4.69) is 9.88 Å². The summed E-state index contributed by atoms with van der Waals surface area (Å²) in [5.74, 6) is -0.131. The minimum atomic E-state index is -0.872. The van der Waals surface area contributed by atoms with Gasteiger partial charge in [-0.2, -0.15) is 0 Å². The zero-order valence-corrected chi connectivity index (χ0v) is 15.8. The lowest BCUT2D eigenvalue weighted by Gasteiger charge is -2.35. The molecule has 2 aliphatic heterocycles. The normalized spacial score (nSPS) is 20.7. The fourth-order valence-corrected chi connectivity index (χ4v) is 3.75. The van der Waals surface area contributed by atoms with Crippen molar-refractivity contribution in [3.05, 3.63) is 23.9 Å². The summed E-state index contributed by atoms with van der Waals surface area (Å²) in [5.41, 5.74) is 0.638. The highest BCUT2D eigenvalue weighted by Gasteiger charge is 2.29. The Morgan fingerprint density at radius 2 is 2.07 bits per heavy atom. The zero-order valence-electron chi connectivity index (χ0n) is 15.8. The molecule has 0 aliphatic carbocycles. The number of carbonyl (C=O) groups excluding carboxylic acids is 1. The topological polar surface area (TPSA) is 86.2 Å². The van der Waals surface area contributed by atoms with Crippen LogP contribution in [-0.4, -0.2) is 90.8 Å². The lowest BCUT2D eigenvalue weighted by molar-refractivity contribution is -0.138. The van der Waals surface area contributed by atoms with E-state index in [4.69, 9.17) is 9.84 Å². The van der Waals surface area contributed by atoms with Crippen molar-refractivity contribution in [2.24, 2.45) is 0 Å². The highest BCUT2D eigenvalue weighted by Crippen LogP contribution is 2.23. The van der Waals surface area contributed by atoms with Crippen molar-refractivity contribution < 1.29 is 19.4 Å². The van der Waals surface area contributed by atoms with Gasteiger partial charge in [0.1, 0.15) is 5.82 Å². The highest BCUT2D eigenvalue weighted by atomic mass is 16.5. The Balaban J connectivity index is 1.67. The number of aliphatic carboxylic acids is 1. The molecule has 0 aromatic carbocycles. The molecule has 2 fully saturated rings. The Morgan fingerprint density at radius 3 is 2.81 bits per heavy atom. The molecular weight excluding hydrogens is 348 g/mol. The standard InChI is InChI=1S/C19H28N4O4/c1-21(14-17(24)25)12-15-13-23(10-11-27-15)19(26)16-6-5-7-20-18(16)22-8-3-2-4-9-22/h5-7,15H,2-4,8-14H2,1H3,(H,24,25). The van der Waals surface area contributed by atoms with Crippen molar-refractivity contribution in [3.8, 4) is 0 Å².